The quantitative estimate of drug-likeness (QED) is 0.846. The molecule has 0 saturated heterocycles. The van der Waals surface area contributed by atoms with Gasteiger partial charge in [0.25, 0.3) is 0 Å². The van der Waals surface area contributed by atoms with Crippen molar-refractivity contribution >= 4 is 12.0 Å². The first-order chi connectivity index (χ1) is 9.63. The molecular weight excluding hydrogens is 250 g/mol. The number of primary amides is 1. The van der Waals surface area contributed by atoms with E-state index in [2.05, 4.69) is 31.2 Å². The Kier molecular flexibility index (Phi) is 4.56. The van der Waals surface area contributed by atoms with Crippen molar-refractivity contribution in [3.8, 4) is 5.75 Å². The van der Waals surface area contributed by atoms with Crippen LogP contribution in [0.15, 0.2) is 54.6 Å². The predicted molar refractivity (Wildman–Crippen MR) is 80.2 cm³/mol. The minimum atomic E-state index is -0.454. The van der Waals surface area contributed by atoms with Gasteiger partial charge in [-0.2, -0.15) is 0 Å². The maximum atomic E-state index is 10.6. The second-order valence-electron chi connectivity index (χ2n) is 4.58. The number of nitrogens with two attached hydrogens (primary N) is 1. The summed E-state index contributed by atoms with van der Waals surface area (Å²) in [6.45, 7) is 2.60. The lowest BCUT2D eigenvalue weighted by Gasteiger charge is -2.06. The number of hydrogen-bond donors (Lipinski definition) is 1. The van der Waals surface area contributed by atoms with Crippen LogP contribution < -0.4 is 10.5 Å². The highest BCUT2D eigenvalue weighted by Crippen LogP contribution is 2.15. The van der Waals surface area contributed by atoms with Gasteiger partial charge in [0.15, 0.2) is 0 Å². The van der Waals surface area contributed by atoms with Crippen LogP contribution in [0.1, 0.15) is 16.7 Å². The number of rotatable bonds is 5. The van der Waals surface area contributed by atoms with E-state index >= 15 is 0 Å². The fourth-order valence-corrected chi connectivity index (χ4v) is 1.70. The lowest BCUT2D eigenvalue weighted by atomic mass is 10.2. The van der Waals surface area contributed by atoms with Gasteiger partial charge in [0.05, 0.1) is 0 Å². The highest BCUT2D eigenvalue weighted by atomic mass is 16.5. The van der Waals surface area contributed by atoms with Crippen LogP contribution in [0.3, 0.4) is 0 Å². The van der Waals surface area contributed by atoms with Gasteiger partial charge in [-0.15, -0.1) is 0 Å². The monoisotopic (exact) mass is 267 g/mol. The predicted octanol–water partition coefficient (Wildman–Crippen LogP) is 3.07. The van der Waals surface area contributed by atoms with E-state index in [4.69, 9.17) is 10.5 Å². The zero-order chi connectivity index (χ0) is 14.4. The molecule has 0 aliphatic carbocycles. The molecular formula is C17H17NO2. The lowest BCUT2D eigenvalue weighted by Crippen LogP contribution is -2.05. The molecule has 0 bridgehead atoms. The summed E-state index contributed by atoms with van der Waals surface area (Å²) in [7, 11) is 0. The Labute approximate surface area is 118 Å². The van der Waals surface area contributed by atoms with Crippen LogP contribution >= 0.6 is 0 Å². The van der Waals surface area contributed by atoms with Crippen LogP contribution in [0, 0.1) is 6.92 Å². The van der Waals surface area contributed by atoms with E-state index in [9.17, 15) is 4.79 Å². The maximum absolute atomic E-state index is 10.6. The number of ether oxygens (including phenoxy) is 1. The minimum absolute atomic E-state index is 0.454. The second kappa shape index (κ2) is 6.57. The molecule has 0 unspecified atom stereocenters. The van der Waals surface area contributed by atoms with Gasteiger partial charge in [0, 0.05) is 6.08 Å². The molecule has 102 valence electrons. The number of carbonyl (C=O) groups excluding carboxylic acids is 1. The third-order valence-electron chi connectivity index (χ3n) is 2.85. The Balaban J connectivity index is 1.93. The molecule has 3 nitrogen and oxygen atoms in total. The first kappa shape index (κ1) is 13.9. The summed E-state index contributed by atoms with van der Waals surface area (Å²) in [6, 6.07) is 15.7. The zero-order valence-electron chi connectivity index (χ0n) is 11.4. The molecule has 2 rings (SSSR count). The van der Waals surface area contributed by atoms with E-state index in [-0.39, 0.29) is 0 Å². The van der Waals surface area contributed by atoms with Crippen LogP contribution in [0.2, 0.25) is 0 Å². The third-order valence-corrected chi connectivity index (χ3v) is 2.85. The summed E-state index contributed by atoms with van der Waals surface area (Å²) in [5, 5.41) is 0. The molecule has 0 atom stereocenters. The Morgan fingerprint density at radius 1 is 1.10 bits per heavy atom. The Morgan fingerprint density at radius 3 is 2.35 bits per heavy atom. The molecule has 0 heterocycles. The van der Waals surface area contributed by atoms with Crippen LogP contribution in [-0.2, 0) is 11.4 Å². The molecule has 2 aromatic carbocycles. The largest absolute Gasteiger partial charge is 0.489 e. The standard InChI is InChI=1S/C17H17NO2/c1-13-2-4-15(5-3-13)12-20-16-9-6-14(7-10-16)8-11-17(18)19/h2-11H,12H2,1H3,(H2,18,19)/b11-8+. The van der Waals surface area contributed by atoms with Crippen molar-refractivity contribution in [1.82, 2.24) is 0 Å². The topological polar surface area (TPSA) is 52.3 Å². The van der Waals surface area contributed by atoms with E-state index in [0.717, 1.165) is 16.9 Å². The SMILES string of the molecule is Cc1ccc(COc2ccc(/C=C/C(N)=O)cc2)cc1. The maximum Gasteiger partial charge on any atom is 0.241 e. The average Bonchev–Trinajstić information content (AvgIpc) is 2.45. The van der Waals surface area contributed by atoms with Crippen molar-refractivity contribution < 1.29 is 9.53 Å². The molecule has 0 spiro atoms. The highest BCUT2D eigenvalue weighted by Gasteiger charge is 1.96. The van der Waals surface area contributed by atoms with Crippen molar-refractivity contribution in [3.05, 3.63) is 71.3 Å². The van der Waals surface area contributed by atoms with E-state index < -0.39 is 5.91 Å². The molecule has 0 saturated carbocycles. The van der Waals surface area contributed by atoms with Gasteiger partial charge in [0.2, 0.25) is 5.91 Å². The van der Waals surface area contributed by atoms with Gasteiger partial charge < -0.3 is 10.5 Å². The fourth-order valence-electron chi connectivity index (χ4n) is 1.70. The van der Waals surface area contributed by atoms with E-state index in [1.807, 2.05) is 24.3 Å². The molecule has 2 N–H and O–H groups in total. The first-order valence-corrected chi connectivity index (χ1v) is 6.39. The average molecular weight is 267 g/mol. The van der Waals surface area contributed by atoms with Crippen molar-refractivity contribution in [1.29, 1.82) is 0 Å². The van der Waals surface area contributed by atoms with E-state index in [1.165, 1.54) is 11.6 Å². The fraction of sp³-hybridized carbons (Fsp3) is 0.118. The number of aryl methyl sites for hydroxylation is 1. The van der Waals surface area contributed by atoms with Gasteiger partial charge in [0.1, 0.15) is 12.4 Å². The summed E-state index contributed by atoms with van der Waals surface area (Å²) in [5.74, 6) is 0.339. The van der Waals surface area contributed by atoms with Crippen molar-refractivity contribution in [2.24, 2.45) is 5.73 Å². The molecule has 0 fully saturated rings. The molecule has 0 aliphatic rings. The molecule has 0 aromatic heterocycles. The Hall–Kier alpha value is -2.55. The first-order valence-electron chi connectivity index (χ1n) is 6.39. The summed E-state index contributed by atoms with van der Waals surface area (Å²) in [5.41, 5.74) is 8.32. The number of amides is 1. The van der Waals surface area contributed by atoms with Crippen molar-refractivity contribution in [2.45, 2.75) is 13.5 Å². The molecule has 2 aromatic rings. The van der Waals surface area contributed by atoms with Crippen LogP contribution in [0.4, 0.5) is 0 Å². The lowest BCUT2D eigenvalue weighted by molar-refractivity contribution is -0.113. The molecule has 1 amide bonds. The summed E-state index contributed by atoms with van der Waals surface area (Å²) in [4.78, 5) is 10.6. The Morgan fingerprint density at radius 2 is 1.75 bits per heavy atom. The van der Waals surface area contributed by atoms with Crippen LogP contribution in [-0.4, -0.2) is 5.91 Å². The number of hydrogen-bond acceptors (Lipinski definition) is 2. The van der Waals surface area contributed by atoms with Gasteiger partial charge in [-0.3, -0.25) is 4.79 Å². The minimum Gasteiger partial charge on any atom is -0.489 e. The van der Waals surface area contributed by atoms with Crippen molar-refractivity contribution in [3.63, 3.8) is 0 Å². The van der Waals surface area contributed by atoms with Crippen LogP contribution in [0.5, 0.6) is 5.75 Å². The molecule has 3 heteroatoms. The van der Waals surface area contributed by atoms with Crippen LogP contribution in [0.25, 0.3) is 6.08 Å². The van der Waals surface area contributed by atoms with Gasteiger partial charge in [-0.05, 0) is 36.3 Å². The molecule has 0 radical (unpaired) electrons. The third kappa shape index (κ3) is 4.28. The number of benzene rings is 2. The molecule has 20 heavy (non-hydrogen) atoms. The smallest absolute Gasteiger partial charge is 0.241 e. The second-order valence-corrected chi connectivity index (χ2v) is 4.58. The Bertz CT molecular complexity index is 598. The summed E-state index contributed by atoms with van der Waals surface area (Å²) in [6.07, 6.45) is 3.01. The van der Waals surface area contributed by atoms with Crippen molar-refractivity contribution in [2.75, 3.05) is 0 Å². The van der Waals surface area contributed by atoms with E-state index in [1.54, 1.807) is 6.08 Å². The molecule has 0 aliphatic heterocycles. The summed E-state index contributed by atoms with van der Waals surface area (Å²) >= 11 is 0. The normalized spacial score (nSPS) is 10.7. The van der Waals surface area contributed by atoms with E-state index in [0.29, 0.717) is 6.61 Å². The highest BCUT2D eigenvalue weighted by molar-refractivity contribution is 5.90. The summed E-state index contributed by atoms with van der Waals surface area (Å²) < 4.78 is 5.70. The van der Waals surface area contributed by atoms with Gasteiger partial charge in [-0.1, -0.05) is 42.0 Å². The number of carbonyl (C=O) groups is 1. The zero-order valence-corrected chi connectivity index (χ0v) is 11.4. The van der Waals surface area contributed by atoms with Gasteiger partial charge in [-0.25, -0.2) is 0 Å². The van der Waals surface area contributed by atoms with Gasteiger partial charge >= 0.3 is 0 Å².